The summed E-state index contributed by atoms with van der Waals surface area (Å²) in [5.41, 5.74) is 1.34. The molecule has 0 bridgehead atoms. The minimum Gasteiger partial charge on any atom is -0.349 e. The van der Waals surface area contributed by atoms with Gasteiger partial charge in [0.05, 0.1) is 0 Å². The summed E-state index contributed by atoms with van der Waals surface area (Å²) >= 11 is 0. The average Bonchev–Trinajstić information content (AvgIpc) is 3.10. The summed E-state index contributed by atoms with van der Waals surface area (Å²) in [5, 5.41) is 6.46. The maximum atomic E-state index is 11.9. The van der Waals surface area contributed by atoms with Crippen LogP contribution in [0.15, 0.2) is 59.4 Å². The van der Waals surface area contributed by atoms with Crippen molar-refractivity contribution in [3.05, 3.63) is 77.7 Å². The third kappa shape index (κ3) is 4.57. The van der Waals surface area contributed by atoms with E-state index >= 15 is 0 Å². The van der Waals surface area contributed by atoms with Gasteiger partial charge in [-0.1, -0.05) is 35.5 Å². The number of nitrogens with one attached hydrogen (secondary N) is 1. The van der Waals surface area contributed by atoms with Crippen LogP contribution in [0.1, 0.15) is 27.6 Å². The molecule has 1 N–H and O–H groups in total. The molecule has 126 valence electrons. The minimum absolute atomic E-state index is 0.234. The number of ketones is 1. The number of carbonyl (C=O) groups excluding carboxylic acids is 2. The van der Waals surface area contributed by atoms with E-state index in [2.05, 4.69) is 20.4 Å². The SMILES string of the molecule is O=C(NCCc1nc(Cc2ccccc2)no1)C(=O)c1cccnc1. The zero-order valence-corrected chi connectivity index (χ0v) is 13.4. The van der Waals surface area contributed by atoms with E-state index < -0.39 is 11.7 Å². The second-order valence-corrected chi connectivity index (χ2v) is 5.34. The lowest BCUT2D eigenvalue weighted by molar-refractivity contribution is -0.116. The van der Waals surface area contributed by atoms with Crippen LogP contribution in [0.3, 0.4) is 0 Å². The summed E-state index contributed by atoms with van der Waals surface area (Å²) in [7, 11) is 0. The Kier molecular flexibility index (Phi) is 5.26. The van der Waals surface area contributed by atoms with Crippen LogP contribution < -0.4 is 5.32 Å². The van der Waals surface area contributed by atoms with Crippen molar-refractivity contribution in [1.82, 2.24) is 20.4 Å². The van der Waals surface area contributed by atoms with Gasteiger partial charge in [-0.05, 0) is 17.7 Å². The second-order valence-electron chi connectivity index (χ2n) is 5.34. The van der Waals surface area contributed by atoms with E-state index in [1.54, 1.807) is 12.1 Å². The highest BCUT2D eigenvalue weighted by atomic mass is 16.5. The molecule has 3 aromatic rings. The topological polar surface area (TPSA) is 98.0 Å². The molecule has 2 heterocycles. The molecule has 3 rings (SSSR count). The molecule has 0 aliphatic rings. The Bertz CT molecular complexity index is 847. The number of pyridine rings is 1. The zero-order chi connectivity index (χ0) is 17.5. The van der Waals surface area contributed by atoms with E-state index in [4.69, 9.17) is 4.52 Å². The number of amides is 1. The van der Waals surface area contributed by atoms with Crippen LogP contribution >= 0.6 is 0 Å². The first-order valence-corrected chi connectivity index (χ1v) is 7.80. The highest BCUT2D eigenvalue weighted by Gasteiger charge is 2.16. The van der Waals surface area contributed by atoms with Gasteiger partial charge in [-0.2, -0.15) is 4.98 Å². The fourth-order valence-electron chi connectivity index (χ4n) is 2.23. The van der Waals surface area contributed by atoms with E-state index in [0.29, 0.717) is 24.6 Å². The monoisotopic (exact) mass is 336 g/mol. The fourth-order valence-corrected chi connectivity index (χ4v) is 2.23. The molecule has 0 unspecified atom stereocenters. The zero-order valence-electron chi connectivity index (χ0n) is 13.4. The van der Waals surface area contributed by atoms with Crippen LogP contribution in [-0.4, -0.2) is 33.4 Å². The summed E-state index contributed by atoms with van der Waals surface area (Å²) in [6.07, 6.45) is 3.83. The molecular weight excluding hydrogens is 320 g/mol. The van der Waals surface area contributed by atoms with Crippen LogP contribution in [0.2, 0.25) is 0 Å². The first kappa shape index (κ1) is 16.5. The summed E-state index contributed by atoms with van der Waals surface area (Å²) in [5.74, 6) is -0.306. The number of rotatable bonds is 7. The van der Waals surface area contributed by atoms with E-state index in [9.17, 15) is 9.59 Å². The standard InChI is InChI=1S/C18H16N4O3/c23-17(14-7-4-9-19-12-14)18(24)20-10-8-16-21-15(22-25-16)11-13-5-2-1-3-6-13/h1-7,9,12H,8,10-11H2,(H,20,24). The number of Topliss-reactive ketones (excluding diaryl/α,β-unsaturated/α-hetero) is 1. The summed E-state index contributed by atoms with van der Waals surface area (Å²) in [4.78, 5) is 31.8. The van der Waals surface area contributed by atoms with Crippen molar-refractivity contribution in [2.24, 2.45) is 0 Å². The van der Waals surface area contributed by atoms with Gasteiger partial charge in [-0.3, -0.25) is 14.6 Å². The van der Waals surface area contributed by atoms with Gasteiger partial charge < -0.3 is 9.84 Å². The molecular formula is C18H16N4O3. The summed E-state index contributed by atoms with van der Waals surface area (Å²) < 4.78 is 5.16. The molecule has 0 saturated carbocycles. The van der Waals surface area contributed by atoms with Gasteiger partial charge >= 0.3 is 0 Å². The van der Waals surface area contributed by atoms with E-state index in [0.717, 1.165) is 5.56 Å². The Morgan fingerprint density at radius 3 is 2.68 bits per heavy atom. The lowest BCUT2D eigenvalue weighted by atomic mass is 10.1. The summed E-state index contributed by atoms with van der Waals surface area (Å²) in [6, 6.07) is 13.0. The first-order valence-electron chi connectivity index (χ1n) is 7.80. The molecule has 2 aromatic heterocycles. The van der Waals surface area contributed by atoms with E-state index in [-0.39, 0.29) is 12.1 Å². The Balaban J connectivity index is 1.48. The maximum Gasteiger partial charge on any atom is 0.292 e. The molecule has 25 heavy (non-hydrogen) atoms. The normalized spacial score (nSPS) is 10.4. The van der Waals surface area contributed by atoms with E-state index in [1.807, 2.05) is 30.3 Å². The van der Waals surface area contributed by atoms with Gasteiger partial charge in [0.25, 0.3) is 11.7 Å². The number of hydrogen-bond donors (Lipinski definition) is 1. The van der Waals surface area contributed by atoms with Gasteiger partial charge in [0.15, 0.2) is 5.82 Å². The Morgan fingerprint density at radius 2 is 1.92 bits per heavy atom. The van der Waals surface area contributed by atoms with Crippen LogP contribution in [0.25, 0.3) is 0 Å². The van der Waals surface area contributed by atoms with Crippen LogP contribution in [-0.2, 0) is 17.6 Å². The van der Waals surface area contributed by atoms with E-state index in [1.165, 1.54) is 12.4 Å². The molecule has 0 atom stereocenters. The molecule has 7 nitrogen and oxygen atoms in total. The maximum absolute atomic E-state index is 11.9. The van der Waals surface area contributed by atoms with Crippen molar-refractivity contribution in [1.29, 1.82) is 0 Å². The quantitative estimate of drug-likeness (QED) is 0.520. The van der Waals surface area contributed by atoms with Gasteiger partial charge in [0.1, 0.15) is 0 Å². The second kappa shape index (κ2) is 7.96. The third-order valence-corrected chi connectivity index (χ3v) is 3.47. The lowest BCUT2D eigenvalue weighted by Crippen LogP contribution is -2.32. The predicted molar refractivity (Wildman–Crippen MR) is 88.8 cm³/mol. The number of nitrogens with zero attached hydrogens (tertiary/aromatic N) is 3. The molecule has 7 heteroatoms. The highest BCUT2D eigenvalue weighted by molar-refractivity contribution is 6.42. The summed E-state index contributed by atoms with van der Waals surface area (Å²) in [6.45, 7) is 0.234. The number of aromatic nitrogens is 3. The van der Waals surface area contributed by atoms with Gasteiger partial charge in [-0.25, -0.2) is 0 Å². The number of carbonyl (C=O) groups is 2. The first-order chi connectivity index (χ1) is 12.2. The molecule has 0 aliphatic carbocycles. The Labute approximate surface area is 144 Å². The Hall–Kier alpha value is -3.35. The van der Waals surface area contributed by atoms with Crippen molar-refractivity contribution in [2.45, 2.75) is 12.8 Å². The van der Waals surface area contributed by atoms with Gasteiger partial charge in [-0.15, -0.1) is 0 Å². The molecule has 0 radical (unpaired) electrons. The smallest absolute Gasteiger partial charge is 0.292 e. The number of hydrogen-bond acceptors (Lipinski definition) is 6. The molecule has 0 saturated heterocycles. The predicted octanol–water partition coefficient (Wildman–Crippen LogP) is 1.60. The minimum atomic E-state index is -0.683. The van der Waals surface area contributed by atoms with Crippen molar-refractivity contribution in [3.63, 3.8) is 0 Å². The van der Waals surface area contributed by atoms with Gasteiger partial charge in [0, 0.05) is 37.3 Å². The molecule has 0 fully saturated rings. The fraction of sp³-hybridized carbons (Fsp3) is 0.167. The van der Waals surface area contributed by atoms with Crippen LogP contribution in [0.4, 0.5) is 0 Å². The van der Waals surface area contributed by atoms with Gasteiger partial charge in [0.2, 0.25) is 5.89 Å². The molecule has 0 aliphatic heterocycles. The van der Waals surface area contributed by atoms with Crippen molar-refractivity contribution in [3.8, 4) is 0 Å². The van der Waals surface area contributed by atoms with Crippen LogP contribution in [0.5, 0.6) is 0 Å². The van der Waals surface area contributed by atoms with Crippen molar-refractivity contribution >= 4 is 11.7 Å². The largest absolute Gasteiger partial charge is 0.349 e. The molecule has 1 aromatic carbocycles. The average molecular weight is 336 g/mol. The lowest BCUT2D eigenvalue weighted by Gasteiger charge is -2.02. The van der Waals surface area contributed by atoms with Crippen LogP contribution in [0, 0.1) is 0 Å². The molecule has 1 amide bonds. The Morgan fingerprint density at radius 1 is 1.08 bits per heavy atom. The van der Waals surface area contributed by atoms with Crippen molar-refractivity contribution < 1.29 is 14.1 Å². The highest BCUT2D eigenvalue weighted by Crippen LogP contribution is 2.06. The number of benzene rings is 1. The van der Waals surface area contributed by atoms with Crippen molar-refractivity contribution in [2.75, 3.05) is 6.54 Å². The third-order valence-electron chi connectivity index (χ3n) is 3.47. The molecule has 0 spiro atoms.